The van der Waals surface area contributed by atoms with Crippen LogP contribution in [0, 0.1) is 0 Å². The molecule has 0 aromatic heterocycles. The van der Waals surface area contributed by atoms with Crippen molar-refractivity contribution in [3.05, 3.63) is 0 Å². The maximum absolute atomic E-state index is 10.7. The van der Waals surface area contributed by atoms with Crippen LogP contribution in [0.3, 0.4) is 0 Å². The molecule has 0 aromatic carbocycles. The largest absolute Gasteiger partial charge is 0.477 e. The Bertz CT molecular complexity index is 269. The van der Waals surface area contributed by atoms with E-state index in [2.05, 4.69) is 4.74 Å². The third-order valence-electron chi connectivity index (χ3n) is 2.45. The Labute approximate surface area is 90.3 Å². The number of carboxylic acid groups (broad SMARTS) is 1. The molecule has 0 aliphatic carbocycles. The van der Waals surface area contributed by atoms with Gasteiger partial charge >= 0.3 is 5.97 Å². The number of aliphatic carboxylic acids is 1. The normalized spacial score (nSPS) is 41.7. The van der Waals surface area contributed by atoms with Crippen molar-refractivity contribution >= 4 is 5.97 Å². The smallest absolute Gasteiger partial charge is 0.364 e. The summed E-state index contributed by atoms with van der Waals surface area (Å²) in [6.45, 7) is -0.801. The van der Waals surface area contributed by atoms with Gasteiger partial charge in [-0.05, 0) is 0 Å². The van der Waals surface area contributed by atoms with Crippen LogP contribution >= 0.6 is 0 Å². The first-order valence-corrected chi connectivity index (χ1v) is 4.60. The van der Waals surface area contributed by atoms with Crippen molar-refractivity contribution in [1.29, 1.82) is 0 Å². The molecule has 0 bridgehead atoms. The topological polar surface area (TPSA) is 148 Å². The average molecular weight is 238 g/mol. The van der Waals surface area contributed by atoms with E-state index in [1.54, 1.807) is 0 Å². The summed E-state index contributed by atoms with van der Waals surface area (Å²) in [6, 6.07) is 0. The Balaban J connectivity index is 2.89. The van der Waals surface area contributed by atoms with Crippen LogP contribution in [0.4, 0.5) is 0 Å². The van der Waals surface area contributed by atoms with Crippen LogP contribution in [0.5, 0.6) is 0 Å². The summed E-state index contributed by atoms with van der Waals surface area (Å²) in [6.07, 6.45) is -7.05. The molecule has 5 atom stereocenters. The van der Waals surface area contributed by atoms with Crippen molar-refractivity contribution in [2.24, 2.45) is 0 Å². The SMILES string of the molecule is O=C(O)[C@@]1(O)CC(O)[C@@H](O)C([C@H](O)CO)O1. The molecule has 1 rings (SSSR count). The number of aliphatic hydroxyl groups is 5. The van der Waals surface area contributed by atoms with E-state index in [9.17, 15) is 25.2 Å². The van der Waals surface area contributed by atoms with E-state index in [-0.39, 0.29) is 0 Å². The first-order valence-electron chi connectivity index (χ1n) is 4.60. The minimum absolute atomic E-state index is 0.724. The zero-order valence-electron chi connectivity index (χ0n) is 8.22. The number of hydrogen-bond acceptors (Lipinski definition) is 7. The van der Waals surface area contributed by atoms with Crippen LogP contribution in [-0.2, 0) is 9.53 Å². The highest BCUT2D eigenvalue weighted by Gasteiger charge is 2.52. The molecule has 94 valence electrons. The van der Waals surface area contributed by atoms with E-state index in [1.807, 2.05) is 0 Å². The number of aliphatic hydroxyl groups excluding tert-OH is 4. The summed E-state index contributed by atoms with van der Waals surface area (Å²) in [4.78, 5) is 10.7. The number of ether oxygens (including phenoxy) is 1. The number of carboxylic acids is 1. The van der Waals surface area contributed by atoms with Gasteiger partial charge in [0.15, 0.2) is 0 Å². The lowest BCUT2D eigenvalue weighted by Gasteiger charge is -2.41. The molecule has 2 unspecified atom stereocenters. The lowest BCUT2D eigenvalue weighted by Crippen LogP contribution is -2.61. The predicted molar refractivity (Wildman–Crippen MR) is 47.2 cm³/mol. The second kappa shape index (κ2) is 4.62. The highest BCUT2D eigenvalue weighted by molar-refractivity contribution is 5.75. The van der Waals surface area contributed by atoms with Crippen molar-refractivity contribution in [3.8, 4) is 0 Å². The minimum atomic E-state index is -2.68. The molecule has 0 spiro atoms. The van der Waals surface area contributed by atoms with E-state index in [0.717, 1.165) is 0 Å². The van der Waals surface area contributed by atoms with Crippen molar-refractivity contribution in [2.75, 3.05) is 6.61 Å². The molecule has 16 heavy (non-hydrogen) atoms. The molecular formula is C8H14O8. The van der Waals surface area contributed by atoms with Crippen LogP contribution in [0.1, 0.15) is 6.42 Å². The standard InChI is InChI=1S/C8H14O8/c9-2-4(11)6-5(12)3(10)1-8(15,16-6)7(13)14/h3-6,9-12,15H,1-2H2,(H,13,14)/t3?,4-,5-,6?,8-/m1/s1. The molecule has 0 saturated carbocycles. The Morgan fingerprint density at radius 2 is 2.06 bits per heavy atom. The first kappa shape index (κ1) is 13.3. The van der Waals surface area contributed by atoms with Gasteiger partial charge in [0.2, 0.25) is 0 Å². The Morgan fingerprint density at radius 3 is 2.50 bits per heavy atom. The molecule has 1 aliphatic heterocycles. The zero-order valence-corrected chi connectivity index (χ0v) is 8.22. The summed E-state index contributed by atoms with van der Waals surface area (Å²) >= 11 is 0. The Morgan fingerprint density at radius 1 is 1.50 bits per heavy atom. The molecule has 0 radical (unpaired) electrons. The summed E-state index contributed by atoms with van der Waals surface area (Å²) in [5, 5.41) is 54.7. The summed E-state index contributed by atoms with van der Waals surface area (Å²) in [5.74, 6) is -4.42. The van der Waals surface area contributed by atoms with Gasteiger partial charge in [-0.2, -0.15) is 0 Å². The maximum Gasteiger partial charge on any atom is 0.364 e. The van der Waals surface area contributed by atoms with Gasteiger partial charge < -0.3 is 35.4 Å². The second-order valence-corrected chi connectivity index (χ2v) is 3.68. The minimum Gasteiger partial charge on any atom is -0.477 e. The van der Waals surface area contributed by atoms with Gasteiger partial charge in [0, 0.05) is 6.42 Å². The van der Waals surface area contributed by atoms with Gasteiger partial charge in [-0.15, -0.1) is 0 Å². The maximum atomic E-state index is 10.7. The van der Waals surface area contributed by atoms with Gasteiger partial charge in [-0.1, -0.05) is 0 Å². The Hall–Kier alpha value is -0.770. The third kappa shape index (κ3) is 2.32. The zero-order chi connectivity index (χ0) is 12.5. The monoisotopic (exact) mass is 238 g/mol. The van der Waals surface area contributed by atoms with Gasteiger partial charge in [0.05, 0.1) is 12.7 Å². The Kier molecular flexibility index (Phi) is 3.84. The highest BCUT2D eigenvalue weighted by Crippen LogP contribution is 2.29. The fraction of sp³-hybridized carbons (Fsp3) is 0.875. The van der Waals surface area contributed by atoms with Gasteiger partial charge in [0.1, 0.15) is 18.3 Å². The van der Waals surface area contributed by atoms with Crippen molar-refractivity contribution in [3.63, 3.8) is 0 Å². The quantitative estimate of drug-likeness (QED) is 0.298. The molecule has 1 fully saturated rings. The van der Waals surface area contributed by atoms with Crippen LogP contribution < -0.4 is 0 Å². The first-order chi connectivity index (χ1) is 7.31. The summed E-state index contributed by atoms with van der Waals surface area (Å²) in [5.41, 5.74) is 0. The van der Waals surface area contributed by atoms with Crippen LogP contribution in [-0.4, -0.2) is 73.4 Å². The van der Waals surface area contributed by atoms with Crippen molar-refractivity contribution in [2.45, 2.75) is 36.6 Å². The summed E-state index contributed by atoms with van der Waals surface area (Å²) in [7, 11) is 0. The van der Waals surface area contributed by atoms with E-state index >= 15 is 0 Å². The molecular weight excluding hydrogens is 224 g/mol. The molecule has 0 amide bonds. The summed E-state index contributed by atoms with van der Waals surface area (Å²) < 4.78 is 4.61. The van der Waals surface area contributed by atoms with E-state index < -0.39 is 49.2 Å². The van der Waals surface area contributed by atoms with Crippen molar-refractivity contribution < 1.29 is 40.2 Å². The van der Waals surface area contributed by atoms with Gasteiger partial charge in [-0.25, -0.2) is 4.79 Å². The van der Waals surface area contributed by atoms with Gasteiger partial charge in [0.25, 0.3) is 5.79 Å². The lowest BCUT2D eigenvalue weighted by atomic mass is 9.93. The molecule has 8 nitrogen and oxygen atoms in total. The molecule has 8 heteroatoms. The molecule has 1 aliphatic rings. The number of rotatable bonds is 3. The van der Waals surface area contributed by atoms with E-state index in [0.29, 0.717) is 0 Å². The average Bonchev–Trinajstić information content (AvgIpc) is 2.22. The van der Waals surface area contributed by atoms with E-state index in [1.165, 1.54) is 0 Å². The third-order valence-corrected chi connectivity index (χ3v) is 2.45. The van der Waals surface area contributed by atoms with Gasteiger partial charge in [-0.3, -0.25) is 0 Å². The molecule has 6 N–H and O–H groups in total. The lowest BCUT2D eigenvalue weighted by molar-refractivity contribution is -0.308. The van der Waals surface area contributed by atoms with Crippen molar-refractivity contribution in [1.82, 2.24) is 0 Å². The number of carbonyl (C=O) groups is 1. The predicted octanol–water partition coefficient (Wildman–Crippen LogP) is -3.38. The van der Waals surface area contributed by atoms with Crippen LogP contribution in [0.2, 0.25) is 0 Å². The fourth-order valence-electron chi connectivity index (χ4n) is 1.51. The van der Waals surface area contributed by atoms with Crippen LogP contribution in [0.15, 0.2) is 0 Å². The molecule has 1 heterocycles. The van der Waals surface area contributed by atoms with Crippen LogP contribution in [0.25, 0.3) is 0 Å². The number of hydrogen-bond donors (Lipinski definition) is 6. The van der Waals surface area contributed by atoms with E-state index in [4.69, 9.17) is 10.2 Å². The highest BCUT2D eigenvalue weighted by atomic mass is 16.7. The fourth-order valence-corrected chi connectivity index (χ4v) is 1.51. The molecule has 0 aromatic rings. The molecule has 1 saturated heterocycles. The second-order valence-electron chi connectivity index (χ2n) is 3.68.